The van der Waals surface area contributed by atoms with Gasteiger partial charge in [0, 0.05) is 48.9 Å². The highest BCUT2D eigenvalue weighted by molar-refractivity contribution is 5.98. The minimum absolute atomic E-state index is 0.0724. The first-order valence-corrected chi connectivity index (χ1v) is 10.7. The number of carbonyl (C=O) groups is 1. The van der Waals surface area contributed by atoms with E-state index in [0.29, 0.717) is 16.4 Å². The number of aryl methyl sites for hydroxylation is 1. The van der Waals surface area contributed by atoms with Gasteiger partial charge >= 0.3 is 5.97 Å². The van der Waals surface area contributed by atoms with Gasteiger partial charge in [-0.05, 0) is 51.5 Å². The molecule has 3 saturated carbocycles. The molecule has 2 aromatic rings. The summed E-state index contributed by atoms with van der Waals surface area (Å²) in [5.74, 6) is -1.30. The number of nitro groups is 1. The van der Waals surface area contributed by atoms with Gasteiger partial charge in [-0.2, -0.15) is 5.10 Å². The average Bonchev–Trinajstić information content (AvgIpc) is 3.11. The second-order valence-corrected chi connectivity index (χ2v) is 9.13. The average molecular weight is 413 g/mol. The molecule has 0 radical (unpaired) electrons. The van der Waals surface area contributed by atoms with E-state index < -0.39 is 10.9 Å². The van der Waals surface area contributed by atoms with E-state index in [-0.39, 0.29) is 16.8 Å². The lowest BCUT2D eigenvalue weighted by Crippen LogP contribution is -2.63. The summed E-state index contributed by atoms with van der Waals surface area (Å²) in [5, 5.41) is 29.7. The summed E-state index contributed by atoms with van der Waals surface area (Å²) in [6.45, 7) is 6.28. The van der Waals surface area contributed by atoms with Gasteiger partial charge in [0.25, 0.3) is 5.69 Å². The van der Waals surface area contributed by atoms with Gasteiger partial charge in [-0.15, -0.1) is 0 Å². The first-order chi connectivity index (χ1) is 14.4. The molecule has 0 amide bonds. The van der Waals surface area contributed by atoms with Crippen LogP contribution in [0.1, 0.15) is 54.6 Å². The number of rotatable bonds is 4. The van der Waals surface area contributed by atoms with Crippen molar-refractivity contribution in [3.63, 3.8) is 0 Å². The van der Waals surface area contributed by atoms with E-state index in [1.807, 2.05) is 6.92 Å². The first kappa shape index (κ1) is 19.4. The highest BCUT2D eigenvalue weighted by Crippen LogP contribution is 2.54. The Bertz CT molecular complexity index is 1020. The number of aromatic nitrogens is 2. The number of carboxylic acids is 1. The van der Waals surface area contributed by atoms with Gasteiger partial charge in [0.1, 0.15) is 5.56 Å². The van der Waals surface area contributed by atoms with Crippen LogP contribution in [0.15, 0.2) is 12.1 Å². The van der Waals surface area contributed by atoms with Crippen molar-refractivity contribution in [3.05, 3.63) is 33.5 Å². The predicted molar refractivity (Wildman–Crippen MR) is 111 cm³/mol. The maximum atomic E-state index is 11.5. The summed E-state index contributed by atoms with van der Waals surface area (Å²) < 4.78 is 2.06. The van der Waals surface area contributed by atoms with Crippen LogP contribution in [0.5, 0.6) is 0 Å². The van der Waals surface area contributed by atoms with E-state index in [1.54, 1.807) is 0 Å². The molecule has 3 aliphatic carbocycles. The highest BCUT2D eigenvalue weighted by Gasteiger charge is 2.53. The molecule has 0 unspecified atom stereocenters. The zero-order chi connectivity index (χ0) is 21.1. The second kappa shape index (κ2) is 6.75. The molecule has 9 heteroatoms. The third-order valence-corrected chi connectivity index (χ3v) is 7.86. The van der Waals surface area contributed by atoms with Gasteiger partial charge in [0.15, 0.2) is 0 Å². The van der Waals surface area contributed by atoms with Gasteiger partial charge in [-0.1, -0.05) is 0 Å². The van der Waals surface area contributed by atoms with Crippen molar-refractivity contribution in [2.24, 2.45) is 0 Å². The van der Waals surface area contributed by atoms with Crippen LogP contribution in [-0.2, 0) is 5.54 Å². The third-order valence-electron chi connectivity index (χ3n) is 7.86. The van der Waals surface area contributed by atoms with Crippen LogP contribution in [0, 0.1) is 17.0 Å². The van der Waals surface area contributed by atoms with Crippen LogP contribution in [0.2, 0.25) is 0 Å². The molecule has 0 spiro atoms. The van der Waals surface area contributed by atoms with E-state index in [0.717, 1.165) is 70.4 Å². The zero-order valence-corrected chi connectivity index (χ0v) is 17.2. The summed E-state index contributed by atoms with van der Waals surface area (Å²) >= 11 is 0. The summed E-state index contributed by atoms with van der Waals surface area (Å²) in [6, 6.07) is 2.73. The summed E-state index contributed by atoms with van der Waals surface area (Å²) in [6.07, 6.45) is 6.55. The van der Waals surface area contributed by atoms with Gasteiger partial charge in [-0.3, -0.25) is 19.7 Å². The molecule has 0 atom stereocenters. The molecule has 1 aromatic carbocycles. The maximum Gasteiger partial charge on any atom is 0.342 e. The van der Waals surface area contributed by atoms with Crippen molar-refractivity contribution in [1.82, 2.24) is 20.0 Å². The Kier molecular flexibility index (Phi) is 4.37. The minimum Gasteiger partial charge on any atom is -0.477 e. The first-order valence-electron chi connectivity index (χ1n) is 10.7. The number of aromatic carboxylic acids is 1. The number of fused-ring (bicyclic) bond motifs is 4. The van der Waals surface area contributed by atoms with Gasteiger partial charge in [-0.25, -0.2) is 4.79 Å². The van der Waals surface area contributed by atoms with E-state index in [1.165, 1.54) is 12.1 Å². The number of carboxylic acid groups (broad SMARTS) is 1. The van der Waals surface area contributed by atoms with Crippen molar-refractivity contribution < 1.29 is 14.8 Å². The molecule has 1 aliphatic heterocycles. The smallest absolute Gasteiger partial charge is 0.342 e. The van der Waals surface area contributed by atoms with Crippen molar-refractivity contribution in [2.75, 3.05) is 26.2 Å². The van der Waals surface area contributed by atoms with E-state index in [9.17, 15) is 20.0 Å². The van der Waals surface area contributed by atoms with E-state index in [4.69, 9.17) is 5.10 Å². The van der Waals surface area contributed by atoms with Crippen molar-refractivity contribution in [3.8, 4) is 0 Å². The van der Waals surface area contributed by atoms with Gasteiger partial charge in [0.2, 0.25) is 0 Å². The van der Waals surface area contributed by atoms with Crippen LogP contribution in [0.25, 0.3) is 10.9 Å². The van der Waals surface area contributed by atoms with E-state index in [2.05, 4.69) is 14.9 Å². The lowest BCUT2D eigenvalue weighted by molar-refractivity contribution is -0.385. The molecule has 2 bridgehead atoms. The van der Waals surface area contributed by atoms with Crippen LogP contribution < -0.4 is 5.32 Å². The van der Waals surface area contributed by atoms with Crippen molar-refractivity contribution in [2.45, 2.75) is 56.5 Å². The standard InChI is InChI=1S/C21H27N5O4/c1-14-15-13-18(26(29)30)16(19(27)28)12-17(15)23-25(14)21-5-2-20(3-6-21,4-7-21)24-10-8-22-9-11-24/h12-13,22H,2-11H2,1H3,(H,27,28). The van der Waals surface area contributed by atoms with Crippen LogP contribution in [0.4, 0.5) is 5.69 Å². The molecule has 2 N–H and O–H groups in total. The third kappa shape index (κ3) is 2.75. The quantitative estimate of drug-likeness (QED) is 0.585. The number of hydrogen-bond acceptors (Lipinski definition) is 6. The Balaban J connectivity index is 1.51. The molecule has 4 aliphatic rings. The number of nitro benzene ring substituents is 1. The fraction of sp³-hybridized carbons (Fsp3) is 0.619. The number of benzene rings is 1. The lowest BCUT2D eigenvalue weighted by atomic mass is 9.60. The maximum absolute atomic E-state index is 11.5. The Labute approximate surface area is 174 Å². The second-order valence-electron chi connectivity index (χ2n) is 9.13. The fourth-order valence-electron chi connectivity index (χ4n) is 6.11. The van der Waals surface area contributed by atoms with Crippen molar-refractivity contribution in [1.29, 1.82) is 0 Å². The fourth-order valence-corrected chi connectivity index (χ4v) is 6.11. The lowest BCUT2D eigenvalue weighted by Gasteiger charge is -2.58. The number of nitrogens with zero attached hydrogens (tertiary/aromatic N) is 4. The van der Waals surface area contributed by atoms with Gasteiger partial charge in [0.05, 0.1) is 16.0 Å². The molecular formula is C21H27N5O4. The number of nitrogens with one attached hydrogen (secondary N) is 1. The largest absolute Gasteiger partial charge is 0.477 e. The topological polar surface area (TPSA) is 114 Å². The van der Waals surface area contributed by atoms with Gasteiger partial charge < -0.3 is 10.4 Å². The predicted octanol–water partition coefficient (Wildman–Crippen LogP) is 2.66. The molecule has 30 heavy (non-hydrogen) atoms. The Morgan fingerprint density at radius 1 is 1.13 bits per heavy atom. The van der Waals surface area contributed by atoms with Crippen LogP contribution in [0.3, 0.4) is 0 Å². The summed E-state index contributed by atoms with van der Waals surface area (Å²) in [4.78, 5) is 25.0. The van der Waals surface area contributed by atoms with E-state index >= 15 is 0 Å². The molecular weight excluding hydrogens is 386 g/mol. The zero-order valence-electron chi connectivity index (χ0n) is 17.2. The summed E-state index contributed by atoms with van der Waals surface area (Å²) in [7, 11) is 0. The number of piperazine rings is 1. The van der Waals surface area contributed by atoms with Crippen molar-refractivity contribution >= 4 is 22.6 Å². The molecule has 6 rings (SSSR count). The molecule has 2 heterocycles. The van der Waals surface area contributed by atoms with Crippen LogP contribution in [-0.4, -0.2) is 62.4 Å². The summed E-state index contributed by atoms with van der Waals surface area (Å²) in [5.41, 5.74) is 0.965. The normalized spacial score (nSPS) is 29.4. The number of hydrogen-bond donors (Lipinski definition) is 2. The minimum atomic E-state index is -1.30. The molecule has 160 valence electrons. The monoisotopic (exact) mass is 413 g/mol. The Morgan fingerprint density at radius 3 is 2.30 bits per heavy atom. The molecule has 4 fully saturated rings. The molecule has 9 nitrogen and oxygen atoms in total. The Morgan fingerprint density at radius 2 is 1.73 bits per heavy atom. The molecule has 1 aromatic heterocycles. The highest BCUT2D eigenvalue weighted by atomic mass is 16.6. The molecule has 1 saturated heterocycles. The Hall–Kier alpha value is -2.52. The van der Waals surface area contributed by atoms with Crippen LogP contribution >= 0.6 is 0 Å². The SMILES string of the molecule is Cc1c2cc([N+](=O)[O-])c(C(=O)O)cc2nn1C12CCC(N3CCNCC3)(CC1)CC2.